The Kier molecular flexibility index (Phi) is 5.56. The highest BCUT2D eigenvalue weighted by atomic mass is 16.5. The van der Waals surface area contributed by atoms with Crippen molar-refractivity contribution in [3.8, 4) is 5.75 Å². The summed E-state index contributed by atoms with van der Waals surface area (Å²) in [4.78, 5) is 24.2. The van der Waals surface area contributed by atoms with Crippen molar-refractivity contribution in [2.75, 3.05) is 0 Å². The second-order valence-corrected chi connectivity index (χ2v) is 10.2. The van der Waals surface area contributed by atoms with Gasteiger partial charge in [0.2, 0.25) is 0 Å². The summed E-state index contributed by atoms with van der Waals surface area (Å²) in [5.74, 6) is 2.01. The minimum atomic E-state index is -0.754. The number of ether oxygens (including phenoxy) is 1. The van der Waals surface area contributed by atoms with Crippen molar-refractivity contribution in [1.82, 2.24) is 0 Å². The molecule has 2 fully saturated rings. The lowest BCUT2D eigenvalue weighted by Crippen LogP contribution is -2.44. The van der Waals surface area contributed by atoms with Gasteiger partial charge in [0, 0.05) is 18.3 Å². The van der Waals surface area contributed by atoms with Crippen molar-refractivity contribution in [2.45, 2.75) is 64.4 Å². The molecule has 2 saturated carbocycles. The van der Waals surface area contributed by atoms with Gasteiger partial charge in [-0.05, 0) is 84.6 Å². The van der Waals surface area contributed by atoms with Crippen LogP contribution in [0.25, 0.3) is 0 Å². The summed E-state index contributed by atoms with van der Waals surface area (Å²) in [7, 11) is 0. The number of fused-ring (bicyclic) bond motifs is 5. The SMILES string of the molecule is C[C@]12CC[C@@H]3c4ccc(OCc5ccccc5)cc4CC[C@H]3[C@@H]1C(CCC(=O)O)CC2=O. The Balaban J connectivity index is 1.35. The molecule has 5 atom stereocenters. The molecule has 4 heteroatoms. The number of hydrogen-bond acceptors (Lipinski definition) is 3. The average Bonchev–Trinajstić information content (AvgIpc) is 3.06. The maximum atomic E-state index is 13.0. The number of carboxylic acids is 1. The fourth-order valence-corrected chi connectivity index (χ4v) is 7.02. The van der Waals surface area contributed by atoms with E-state index in [-0.39, 0.29) is 17.8 Å². The summed E-state index contributed by atoms with van der Waals surface area (Å²) in [6.07, 6.45) is 5.42. The highest BCUT2D eigenvalue weighted by Gasteiger charge is 2.58. The molecule has 4 nitrogen and oxygen atoms in total. The Bertz CT molecular complexity index is 1010. The van der Waals surface area contributed by atoms with E-state index in [1.807, 2.05) is 18.2 Å². The molecule has 3 aliphatic carbocycles. The van der Waals surface area contributed by atoms with Crippen LogP contribution < -0.4 is 4.74 Å². The molecular formula is C28H32O4. The van der Waals surface area contributed by atoms with Crippen LogP contribution in [0.1, 0.15) is 68.1 Å². The topological polar surface area (TPSA) is 63.6 Å². The van der Waals surface area contributed by atoms with E-state index in [4.69, 9.17) is 4.74 Å². The molecule has 2 aromatic rings. The Morgan fingerprint density at radius 3 is 2.75 bits per heavy atom. The van der Waals surface area contributed by atoms with Crippen molar-refractivity contribution in [3.05, 3.63) is 65.2 Å². The minimum absolute atomic E-state index is 0.167. The molecule has 1 unspecified atom stereocenters. The molecule has 0 bridgehead atoms. The molecular weight excluding hydrogens is 400 g/mol. The van der Waals surface area contributed by atoms with Crippen LogP contribution >= 0.6 is 0 Å². The molecule has 3 aliphatic rings. The smallest absolute Gasteiger partial charge is 0.303 e. The van der Waals surface area contributed by atoms with E-state index in [0.29, 0.717) is 43.0 Å². The average molecular weight is 433 g/mol. The lowest BCUT2D eigenvalue weighted by atomic mass is 9.54. The predicted molar refractivity (Wildman–Crippen MR) is 123 cm³/mol. The van der Waals surface area contributed by atoms with Gasteiger partial charge >= 0.3 is 5.97 Å². The standard InChI is InChI=1S/C28H32O4/c1-28-14-13-23-22-11-9-21(32-17-18-5-3-2-4-6-18)15-19(22)7-10-24(23)27(28)20(16-25(28)29)8-12-26(30)31/h2-6,9,11,15,20,23-24,27H,7-8,10,12-14,16-17H2,1H3,(H,30,31)/t20?,23-,24-,27+,28-/m1/s1. The van der Waals surface area contributed by atoms with Gasteiger partial charge in [-0.3, -0.25) is 9.59 Å². The summed E-state index contributed by atoms with van der Waals surface area (Å²) >= 11 is 0. The van der Waals surface area contributed by atoms with Crippen LogP contribution in [-0.4, -0.2) is 16.9 Å². The van der Waals surface area contributed by atoms with Crippen molar-refractivity contribution in [2.24, 2.45) is 23.2 Å². The fraction of sp³-hybridized carbons (Fsp3) is 0.500. The number of carbonyl (C=O) groups is 2. The van der Waals surface area contributed by atoms with Crippen LogP contribution in [0.5, 0.6) is 5.75 Å². The highest BCUT2D eigenvalue weighted by Crippen LogP contribution is 2.62. The summed E-state index contributed by atoms with van der Waals surface area (Å²) in [6.45, 7) is 2.73. The van der Waals surface area contributed by atoms with E-state index in [1.54, 1.807) is 0 Å². The first-order chi connectivity index (χ1) is 15.5. The molecule has 2 aromatic carbocycles. The van der Waals surface area contributed by atoms with Gasteiger partial charge in [0.05, 0.1) is 0 Å². The summed E-state index contributed by atoms with van der Waals surface area (Å²) in [6, 6.07) is 16.8. The fourth-order valence-electron chi connectivity index (χ4n) is 7.02. The van der Waals surface area contributed by atoms with Crippen LogP contribution in [0.3, 0.4) is 0 Å². The maximum absolute atomic E-state index is 13.0. The zero-order valence-corrected chi connectivity index (χ0v) is 18.8. The first kappa shape index (κ1) is 21.2. The number of aryl methyl sites for hydroxylation is 1. The quantitative estimate of drug-likeness (QED) is 0.628. The van der Waals surface area contributed by atoms with Gasteiger partial charge in [0.1, 0.15) is 18.1 Å². The zero-order chi connectivity index (χ0) is 22.3. The lowest BCUT2D eigenvalue weighted by molar-refractivity contribution is -0.137. The number of ketones is 1. The molecule has 0 amide bonds. The van der Waals surface area contributed by atoms with E-state index in [9.17, 15) is 14.7 Å². The molecule has 5 rings (SSSR count). The Morgan fingerprint density at radius 1 is 1.16 bits per heavy atom. The molecule has 0 saturated heterocycles. The lowest BCUT2D eigenvalue weighted by Gasteiger charge is -2.50. The summed E-state index contributed by atoms with van der Waals surface area (Å²) in [5, 5.41) is 9.21. The third kappa shape index (κ3) is 3.74. The van der Waals surface area contributed by atoms with Crippen molar-refractivity contribution in [3.63, 3.8) is 0 Å². The second-order valence-electron chi connectivity index (χ2n) is 10.2. The van der Waals surface area contributed by atoms with Gasteiger partial charge in [0.15, 0.2) is 0 Å². The van der Waals surface area contributed by atoms with Gasteiger partial charge in [-0.1, -0.05) is 43.3 Å². The minimum Gasteiger partial charge on any atom is -0.489 e. The van der Waals surface area contributed by atoms with Crippen LogP contribution in [0.4, 0.5) is 0 Å². The Hall–Kier alpha value is -2.62. The molecule has 32 heavy (non-hydrogen) atoms. The number of aliphatic carboxylic acids is 1. The maximum Gasteiger partial charge on any atom is 0.303 e. The first-order valence-corrected chi connectivity index (χ1v) is 12.0. The molecule has 168 valence electrons. The Labute approximate surface area is 190 Å². The van der Waals surface area contributed by atoms with Crippen LogP contribution in [-0.2, 0) is 22.6 Å². The number of carbonyl (C=O) groups excluding carboxylic acids is 1. The third-order valence-corrected chi connectivity index (χ3v) is 8.52. The molecule has 0 aromatic heterocycles. The van der Waals surface area contributed by atoms with Gasteiger partial charge in [-0.15, -0.1) is 0 Å². The van der Waals surface area contributed by atoms with E-state index >= 15 is 0 Å². The van der Waals surface area contributed by atoms with Crippen LogP contribution in [0.2, 0.25) is 0 Å². The van der Waals surface area contributed by atoms with Gasteiger partial charge in [-0.25, -0.2) is 0 Å². The van der Waals surface area contributed by atoms with Crippen LogP contribution in [0.15, 0.2) is 48.5 Å². The summed E-state index contributed by atoms with van der Waals surface area (Å²) < 4.78 is 6.06. The Morgan fingerprint density at radius 2 is 1.97 bits per heavy atom. The predicted octanol–water partition coefficient (Wildman–Crippen LogP) is 5.78. The second kappa shape index (κ2) is 8.38. The normalized spacial score (nSPS) is 30.8. The van der Waals surface area contributed by atoms with Gasteiger partial charge < -0.3 is 9.84 Å². The van der Waals surface area contributed by atoms with E-state index in [1.165, 1.54) is 11.1 Å². The van der Waals surface area contributed by atoms with E-state index in [2.05, 4.69) is 37.3 Å². The van der Waals surface area contributed by atoms with Gasteiger partial charge in [0.25, 0.3) is 0 Å². The highest BCUT2D eigenvalue weighted by molar-refractivity contribution is 5.87. The van der Waals surface area contributed by atoms with E-state index < -0.39 is 5.97 Å². The third-order valence-electron chi connectivity index (χ3n) is 8.52. The van der Waals surface area contributed by atoms with Crippen molar-refractivity contribution < 1.29 is 19.4 Å². The number of hydrogen-bond donors (Lipinski definition) is 1. The summed E-state index contributed by atoms with van der Waals surface area (Å²) in [5.41, 5.74) is 3.70. The van der Waals surface area contributed by atoms with Crippen LogP contribution in [0, 0.1) is 23.2 Å². The largest absolute Gasteiger partial charge is 0.489 e. The molecule has 1 N–H and O–H groups in total. The van der Waals surface area contributed by atoms with E-state index in [0.717, 1.165) is 37.0 Å². The molecule has 0 spiro atoms. The molecule has 0 radical (unpaired) electrons. The number of carboxylic acid groups (broad SMARTS) is 1. The monoisotopic (exact) mass is 432 g/mol. The van der Waals surface area contributed by atoms with Crippen molar-refractivity contribution >= 4 is 11.8 Å². The van der Waals surface area contributed by atoms with Gasteiger partial charge in [-0.2, -0.15) is 0 Å². The number of Topliss-reactive ketones (excluding diaryl/α,β-unsaturated/α-hetero) is 1. The first-order valence-electron chi connectivity index (χ1n) is 12.0. The number of benzene rings is 2. The molecule has 0 aliphatic heterocycles. The zero-order valence-electron chi connectivity index (χ0n) is 18.8. The molecule has 0 heterocycles. The van der Waals surface area contributed by atoms with Crippen molar-refractivity contribution in [1.29, 1.82) is 0 Å². The number of rotatable bonds is 6.